The van der Waals surface area contributed by atoms with Crippen molar-refractivity contribution in [3.05, 3.63) is 0 Å². The monoisotopic (exact) mass is 243 g/mol. The highest BCUT2D eigenvalue weighted by Crippen LogP contribution is 2.31. The lowest BCUT2D eigenvalue weighted by molar-refractivity contribution is -0.123. The van der Waals surface area contributed by atoms with Gasteiger partial charge in [-0.05, 0) is 19.3 Å². The summed E-state index contributed by atoms with van der Waals surface area (Å²) in [4.78, 5) is 0. The summed E-state index contributed by atoms with van der Waals surface area (Å²) in [6, 6.07) is 0.146. The summed E-state index contributed by atoms with van der Waals surface area (Å²) in [7, 11) is 0. The Kier molecular flexibility index (Phi) is 6.45. The third-order valence-corrected chi connectivity index (χ3v) is 3.88. The van der Waals surface area contributed by atoms with E-state index in [0.29, 0.717) is 5.92 Å². The topological polar surface area (TPSA) is 44.5 Å². The molecular weight excluding hydrogens is 214 g/mol. The number of nitrogens with two attached hydrogens (primary N) is 1. The molecule has 0 aromatic heterocycles. The quantitative estimate of drug-likeness (QED) is 0.747. The summed E-state index contributed by atoms with van der Waals surface area (Å²) >= 11 is 0. The SMILES string of the molecule is CCCC(C)CC(N)C1(OCC)CCOCC1. The molecule has 17 heavy (non-hydrogen) atoms. The normalized spacial score (nSPS) is 23.3. The molecule has 0 aliphatic carbocycles. The van der Waals surface area contributed by atoms with E-state index in [1.807, 2.05) is 0 Å². The predicted octanol–water partition coefficient (Wildman–Crippen LogP) is 2.73. The van der Waals surface area contributed by atoms with Gasteiger partial charge < -0.3 is 15.2 Å². The third-order valence-electron chi connectivity index (χ3n) is 3.88. The van der Waals surface area contributed by atoms with E-state index in [1.54, 1.807) is 0 Å². The van der Waals surface area contributed by atoms with Crippen molar-refractivity contribution in [2.75, 3.05) is 19.8 Å². The zero-order chi connectivity index (χ0) is 12.7. The minimum atomic E-state index is -0.130. The van der Waals surface area contributed by atoms with Crippen molar-refractivity contribution in [3.8, 4) is 0 Å². The molecule has 3 nitrogen and oxygen atoms in total. The van der Waals surface area contributed by atoms with Gasteiger partial charge in [-0.1, -0.05) is 26.7 Å². The van der Waals surface area contributed by atoms with Crippen LogP contribution < -0.4 is 5.73 Å². The fraction of sp³-hybridized carbons (Fsp3) is 1.00. The first-order valence-corrected chi connectivity index (χ1v) is 7.12. The molecule has 0 saturated carbocycles. The maximum absolute atomic E-state index is 6.42. The Morgan fingerprint density at radius 2 is 1.94 bits per heavy atom. The molecule has 0 spiro atoms. The van der Waals surface area contributed by atoms with Gasteiger partial charge in [0.15, 0.2) is 0 Å². The second-order valence-electron chi connectivity index (χ2n) is 5.35. The van der Waals surface area contributed by atoms with Crippen molar-refractivity contribution in [1.82, 2.24) is 0 Å². The van der Waals surface area contributed by atoms with Crippen LogP contribution in [-0.4, -0.2) is 31.5 Å². The van der Waals surface area contributed by atoms with Gasteiger partial charge in [0.05, 0.1) is 5.60 Å². The van der Waals surface area contributed by atoms with Crippen LogP contribution in [0.25, 0.3) is 0 Å². The Bertz CT molecular complexity index is 197. The molecule has 1 saturated heterocycles. The molecule has 2 N–H and O–H groups in total. The smallest absolute Gasteiger partial charge is 0.0876 e. The molecule has 0 radical (unpaired) electrons. The highest BCUT2D eigenvalue weighted by molar-refractivity contribution is 4.94. The predicted molar refractivity (Wildman–Crippen MR) is 71.1 cm³/mol. The molecule has 1 aliphatic heterocycles. The zero-order valence-electron chi connectivity index (χ0n) is 11.7. The van der Waals surface area contributed by atoms with E-state index in [9.17, 15) is 0 Å². The van der Waals surface area contributed by atoms with Crippen LogP contribution in [0.5, 0.6) is 0 Å². The van der Waals surface area contributed by atoms with Crippen molar-refractivity contribution in [1.29, 1.82) is 0 Å². The average molecular weight is 243 g/mol. The lowest BCUT2D eigenvalue weighted by Gasteiger charge is -2.42. The van der Waals surface area contributed by atoms with E-state index < -0.39 is 0 Å². The highest BCUT2D eigenvalue weighted by Gasteiger charge is 2.39. The number of rotatable bonds is 7. The highest BCUT2D eigenvalue weighted by atomic mass is 16.5. The molecule has 2 unspecified atom stereocenters. The molecule has 1 heterocycles. The Labute approximate surface area is 106 Å². The van der Waals surface area contributed by atoms with Crippen molar-refractivity contribution in [3.63, 3.8) is 0 Å². The third kappa shape index (κ3) is 4.23. The summed E-state index contributed by atoms with van der Waals surface area (Å²) in [6.07, 6.45) is 5.45. The maximum atomic E-state index is 6.42. The van der Waals surface area contributed by atoms with Gasteiger partial charge in [0, 0.05) is 38.7 Å². The van der Waals surface area contributed by atoms with Gasteiger partial charge in [-0.3, -0.25) is 0 Å². The number of hydrogen-bond donors (Lipinski definition) is 1. The molecule has 0 amide bonds. The van der Waals surface area contributed by atoms with E-state index in [2.05, 4.69) is 20.8 Å². The van der Waals surface area contributed by atoms with Crippen molar-refractivity contribution in [2.45, 2.75) is 64.5 Å². The van der Waals surface area contributed by atoms with Crippen LogP contribution in [0.3, 0.4) is 0 Å². The molecule has 102 valence electrons. The summed E-state index contributed by atoms with van der Waals surface area (Å²) in [5.74, 6) is 0.690. The fourth-order valence-corrected chi connectivity index (χ4v) is 2.89. The first-order chi connectivity index (χ1) is 8.14. The first kappa shape index (κ1) is 14.9. The van der Waals surface area contributed by atoms with Gasteiger partial charge >= 0.3 is 0 Å². The summed E-state index contributed by atoms with van der Waals surface area (Å²) in [6.45, 7) is 8.90. The van der Waals surface area contributed by atoms with Crippen LogP contribution >= 0.6 is 0 Å². The molecular formula is C14H29NO2. The van der Waals surface area contributed by atoms with Crippen LogP contribution in [0.1, 0.15) is 52.9 Å². The van der Waals surface area contributed by atoms with Crippen molar-refractivity contribution >= 4 is 0 Å². The van der Waals surface area contributed by atoms with E-state index in [1.165, 1.54) is 12.8 Å². The van der Waals surface area contributed by atoms with Crippen molar-refractivity contribution in [2.24, 2.45) is 11.7 Å². The Morgan fingerprint density at radius 1 is 1.29 bits per heavy atom. The fourth-order valence-electron chi connectivity index (χ4n) is 2.89. The molecule has 0 aromatic carbocycles. The van der Waals surface area contributed by atoms with Crippen LogP contribution in [0.4, 0.5) is 0 Å². The maximum Gasteiger partial charge on any atom is 0.0876 e. The van der Waals surface area contributed by atoms with Gasteiger partial charge in [0.25, 0.3) is 0 Å². The summed E-state index contributed by atoms with van der Waals surface area (Å²) < 4.78 is 11.4. The Balaban J connectivity index is 2.55. The molecule has 2 atom stereocenters. The van der Waals surface area contributed by atoms with Crippen molar-refractivity contribution < 1.29 is 9.47 Å². The molecule has 0 aromatic rings. The second kappa shape index (κ2) is 7.34. The van der Waals surface area contributed by atoms with E-state index >= 15 is 0 Å². The summed E-state index contributed by atoms with van der Waals surface area (Å²) in [5, 5.41) is 0. The van der Waals surface area contributed by atoms with Crippen LogP contribution in [0.2, 0.25) is 0 Å². The van der Waals surface area contributed by atoms with Gasteiger partial charge in [0.2, 0.25) is 0 Å². The van der Waals surface area contributed by atoms with Gasteiger partial charge in [-0.15, -0.1) is 0 Å². The van der Waals surface area contributed by atoms with E-state index in [0.717, 1.165) is 39.1 Å². The molecule has 1 fully saturated rings. The lowest BCUT2D eigenvalue weighted by atomic mass is 9.81. The van der Waals surface area contributed by atoms with Gasteiger partial charge in [0.1, 0.15) is 0 Å². The second-order valence-corrected chi connectivity index (χ2v) is 5.35. The van der Waals surface area contributed by atoms with Crippen LogP contribution in [0, 0.1) is 5.92 Å². The molecule has 1 rings (SSSR count). The summed E-state index contributed by atoms with van der Waals surface area (Å²) in [5.41, 5.74) is 6.29. The zero-order valence-corrected chi connectivity index (χ0v) is 11.7. The first-order valence-electron chi connectivity index (χ1n) is 7.12. The molecule has 3 heteroatoms. The van der Waals surface area contributed by atoms with Crippen LogP contribution in [-0.2, 0) is 9.47 Å². The van der Waals surface area contributed by atoms with E-state index in [-0.39, 0.29) is 11.6 Å². The Morgan fingerprint density at radius 3 is 2.47 bits per heavy atom. The largest absolute Gasteiger partial charge is 0.381 e. The lowest BCUT2D eigenvalue weighted by Crippen LogP contribution is -2.54. The molecule has 0 bridgehead atoms. The minimum absolute atomic E-state index is 0.130. The number of ether oxygens (including phenoxy) is 2. The van der Waals surface area contributed by atoms with E-state index in [4.69, 9.17) is 15.2 Å². The average Bonchev–Trinajstić information content (AvgIpc) is 2.30. The van der Waals surface area contributed by atoms with Crippen LogP contribution in [0.15, 0.2) is 0 Å². The van der Waals surface area contributed by atoms with Gasteiger partial charge in [-0.25, -0.2) is 0 Å². The standard InChI is InChI=1S/C14H29NO2/c1-4-6-12(3)11-13(15)14(17-5-2)7-9-16-10-8-14/h12-13H,4-11,15H2,1-3H3. The number of hydrogen-bond acceptors (Lipinski definition) is 3. The molecule has 1 aliphatic rings. The van der Waals surface area contributed by atoms with Gasteiger partial charge in [-0.2, -0.15) is 0 Å². The Hall–Kier alpha value is -0.120. The minimum Gasteiger partial charge on any atom is -0.381 e.